The summed E-state index contributed by atoms with van der Waals surface area (Å²) >= 11 is 0. The Bertz CT molecular complexity index is 925. The Kier molecular flexibility index (Phi) is 9.26. The van der Waals surface area contributed by atoms with Crippen molar-refractivity contribution in [3.8, 4) is 12.3 Å². The molecule has 7 heteroatoms. The number of likely N-dealkylation sites (tertiary alicyclic amines) is 1. The summed E-state index contributed by atoms with van der Waals surface area (Å²) in [4.78, 5) is 41.2. The van der Waals surface area contributed by atoms with E-state index in [2.05, 4.69) is 28.7 Å². The van der Waals surface area contributed by atoms with Crippen LogP contribution in [0, 0.1) is 12.3 Å². The van der Waals surface area contributed by atoms with Gasteiger partial charge in [-0.3, -0.25) is 14.4 Å². The van der Waals surface area contributed by atoms with Crippen LogP contribution in [0.25, 0.3) is 0 Å². The molecule has 1 aliphatic heterocycles. The second-order valence-corrected chi connectivity index (χ2v) is 9.36. The van der Waals surface area contributed by atoms with Gasteiger partial charge in [-0.05, 0) is 70.0 Å². The van der Waals surface area contributed by atoms with Crippen LogP contribution >= 0.6 is 0 Å². The highest BCUT2D eigenvalue weighted by atomic mass is 16.5. The summed E-state index contributed by atoms with van der Waals surface area (Å²) in [5.41, 5.74) is 2.59. The number of rotatable bonds is 10. The van der Waals surface area contributed by atoms with Gasteiger partial charge in [0.1, 0.15) is 12.6 Å². The third kappa shape index (κ3) is 6.05. The van der Waals surface area contributed by atoms with Crippen LogP contribution in [0.2, 0.25) is 0 Å². The third-order valence-electron chi connectivity index (χ3n) is 7.14. The van der Waals surface area contributed by atoms with Crippen molar-refractivity contribution in [2.45, 2.75) is 82.5 Å². The molecule has 1 aliphatic carbocycles. The van der Waals surface area contributed by atoms with Crippen LogP contribution in [-0.2, 0) is 25.5 Å². The standard InChI is InChI=1S/C27H37N3O4/c1-5-16-34-19(3)25(29-26(32)18(2)28-4)27(33)30-15-9-14-23(30)24(31)17-21-12-8-11-20-10-6-7-13-22(20)21/h1,6-7,10,13,18-19,21,23,25,28H,8-9,11-12,14-17H2,2-4H3,(H,29,32)/t18-,19+,21-,23-,25-/m0/s1. The van der Waals surface area contributed by atoms with Gasteiger partial charge >= 0.3 is 0 Å². The van der Waals surface area contributed by atoms with Gasteiger partial charge in [-0.15, -0.1) is 6.42 Å². The molecule has 2 N–H and O–H groups in total. The van der Waals surface area contributed by atoms with E-state index in [0.717, 1.165) is 25.7 Å². The molecule has 1 aromatic carbocycles. The Hall–Kier alpha value is -2.69. The molecule has 0 aromatic heterocycles. The quantitative estimate of drug-likeness (QED) is 0.515. The maximum Gasteiger partial charge on any atom is 0.248 e. The zero-order chi connectivity index (χ0) is 24.7. The molecule has 34 heavy (non-hydrogen) atoms. The number of hydrogen-bond acceptors (Lipinski definition) is 5. The van der Waals surface area contributed by atoms with Crippen molar-refractivity contribution in [1.82, 2.24) is 15.5 Å². The Labute approximate surface area is 203 Å². The van der Waals surface area contributed by atoms with Crippen molar-refractivity contribution in [3.05, 3.63) is 35.4 Å². The number of carbonyl (C=O) groups excluding carboxylic acids is 3. The molecule has 2 aliphatic rings. The van der Waals surface area contributed by atoms with Crippen molar-refractivity contribution >= 4 is 17.6 Å². The van der Waals surface area contributed by atoms with Crippen LogP contribution in [-0.4, -0.2) is 66.9 Å². The Morgan fingerprint density at radius 2 is 1.97 bits per heavy atom. The maximum absolute atomic E-state index is 13.6. The number of nitrogens with one attached hydrogen (secondary N) is 2. The fourth-order valence-electron chi connectivity index (χ4n) is 5.05. The summed E-state index contributed by atoms with van der Waals surface area (Å²) in [6.45, 7) is 3.96. The van der Waals surface area contributed by atoms with Gasteiger partial charge in [-0.1, -0.05) is 30.2 Å². The molecule has 3 rings (SSSR count). The van der Waals surface area contributed by atoms with E-state index in [1.807, 2.05) is 12.1 Å². The normalized spacial score (nSPS) is 22.2. The minimum atomic E-state index is -0.916. The van der Waals surface area contributed by atoms with Gasteiger partial charge in [-0.25, -0.2) is 0 Å². The first kappa shape index (κ1) is 25.9. The largest absolute Gasteiger partial charge is 0.363 e. The molecule has 1 fully saturated rings. The van der Waals surface area contributed by atoms with Crippen LogP contribution < -0.4 is 10.6 Å². The van der Waals surface area contributed by atoms with Gasteiger partial charge in [0, 0.05) is 13.0 Å². The molecule has 0 bridgehead atoms. The number of hydrogen-bond donors (Lipinski definition) is 2. The summed E-state index contributed by atoms with van der Waals surface area (Å²) in [5, 5.41) is 5.69. The number of nitrogens with zero attached hydrogens (tertiary/aromatic N) is 1. The SMILES string of the molecule is C#CCO[C@H](C)[C@H](NC(=O)[C@H](C)NC)C(=O)N1CCC[C@H]1C(=O)C[C@@H]1CCCc2ccccc21. The van der Waals surface area contributed by atoms with E-state index in [-0.39, 0.29) is 30.1 Å². The van der Waals surface area contributed by atoms with Gasteiger partial charge in [0.05, 0.1) is 18.2 Å². The van der Waals surface area contributed by atoms with Crippen LogP contribution in [0.1, 0.15) is 63.0 Å². The molecule has 1 heterocycles. The minimum absolute atomic E-state index is 0.0336. The number of aryl methyl sites for hydroxylation is 1. The molecular weight excluding hydrogens is 430 g/mol. The first-order valence-electron chi connectivity index (χ1n) is 12.3. The summed E-state index contributed by atoms with van der Waals surface area (Å²) in [7, 11) is 1.68. The van der Waals surface area contributed by atoms with Gasteiger partial charge in [0.25, 0.3) is 0 Å². The number of fused-ring (bicyclic) bond motifs is 1. The molecule has 7 nitrogen and oxygen atoms in total. The Balaban J connectivity index is 1.74. The summed E-state index contributed by atoms with van der Waals surface area (Å²) in [6, 6.07) is 6.50. The van der Waals surface area contributed by atoms with Crippen LogP contribution in [0.3, 0.4) is 0 Å². The molecule has 5 atom stereocenters. The molecule has 0 saturated carbocycles. The van der Waals surface area contributed by atoms with Crippen molar-refractivity contribution in [3.63, 3.8) is 0 Å². The highest BCUT2D eigenvalue weighted by molar-refractivity contribution is 5.94. The monoisotopic (exact) mass is 467 g/mol. The number of ketones is 1. The number of likely N-dealkylation sites (N-methyl/N-ethyl adjacent to an activating group) is 1. The second-order valence-electron chi connectivity index (χ2n) is 9.36. The van der Waals surface area contributed by atoms with Crippen molar-refractivity contribution < 1.29 is 19.1 Å². The molecule has 0 unspecified atom stereocenters. The van der Waals surface area contributed by atoms with Gasteiger partial charge in [-0.2, -0.15) is 0 Å². The molecule has 0 spiro atoms. The Morgan fingerprint density at radius 3 is 2.71 bits per heavy atom. The average molecular weight is 468 g/mol. The molecule has 1 saturated heterocycles. The van der Waals surface area contributed by atoms with Gasteiger partial charge in [0.2, 0.25) is 11.8 Å². The summed E-state index contributed by atoms with van der Waals surface area (Å²) in [6.07, 6.45) is 9.64. The fourth-order valence-corrected chi connectivity index (χ4v) is 5.05. The Morgan fingerprint density at radius 1 is 1.21 bits per heavy atom. The topological polar surface area (TPSA) is 87.7 Å². The van der Waals surface area contributed by atoms with Gasteiger partial charge < -0.3 is 20.3 Å². The van der Waals surface area contributed by atoms with Crippen molar-refractivity contribution in [2.75, 3.05) is 20.2 Å². The van der Waals surface area contributed by atoms with E-state index in [1.54, 1.807) is 25.8 Å². The predicted molar refractivity (Wildman–Crippen MR) is 131 cm³/mol. The average Bonchev–Trinajstić information content (AvgIpc) is 3.35. The number of amides is 2. The summed E-state index contributed by atoms with van der Waals surface area (Å²) in [5.74, 6) is 2.10. The van der Waals surface area contributed by atoms with E-state index in [1.165, 1.54) is 11.1 Å². The molecule has 1 aromatic rings. The van der Waals surface area contributed by atoms with E-state index >= 15 is 0 Å². The number of carbonyl (C=O) groups is 3. The molecule has 0 radical (unpaired) electrons. The van der Waals surface area contributed by atoms with E-state index in [9.17, 15) is 14.4 Å². The number of ether oxygens (including phenoxy) is 1. The first-order valence-corrected chi connectivity index (χ1v) is 12.3. The number of benzene rings is 1. The fraction of sp³-hybridized carbons (Fsp3) is 0.593. The molecule has 2 amide bonds. The third-order valence-corrected chi connectivity index (χ3v) is 7.14. The van der Waals surface area contributed by atoms with Crippen molar-refractivity contribution in [1.29, 1.82) is 0 Å². The van der Waals surface area contributed by atoms with Crippen LogP contribution in [0.15, 0.2) is 24.3 Å². The van der Waals surface area contributed by atoms with E-state index in [0.29, 0.717) is 19.4 Å². The lowest BCUT2D eigenvalue weighted by Crippen LogP contribution is -2.58. The lowest BCUT2D eigenvalue weighted by Gasteiger charge is -2.33. The smallest absolute Gasteiger partial charge is 0.248 e. The van der Waals surface area contributed by atoms with Crippen molar-refractivity contribution in [2.24, 2.45) is 0 Å². The highest BCUT2D eigenvalue weighted by Crippen LogP contribution is 2.35. The molecule has 184 valence electrons. The minimum Gasteiger partial charge on any atom is -0.363 e. The maximum atomic E-state index is 13.6. The molecular formula is C27H37N3O4. The number of Topliss-reactive ketones (excluding diaryl/α,β-unsaturated/α-hetero) is 1. The van der Waals surface area contributed by atoms with E-state index in [4.69, 9.17) is 11.2 Å². The zero-order valence-electron chi connectivity index (χ0n) is 20.5. The van der Waals surface area contributed by atoms with Crippen LogP contribution in [0.5, 0.6) is 0 Å². The lowest BCUT2D eigenvalue weighted by atomic mass is 9.79. The zero-order valence-corrected chi connectivity index (χ0v) is 20.5. The first-order chi connectivity index (χ1) is 16.4. The second kappa shape index (κ2) is 12.1. The predicted octanol–water partition coefficient (Wildman–Crippen LogP) is 2.19. The summed E-state index contributed by atoms with van der Waals surface area (Å²) < 4.78 is 5.60. The van der Waals surface area contributed by atoms with E-state index < -0.39 is 24.2 Å². The highest BCUT2D eigenvalue weighted by Gasteiger charge is 2.40. The van der Waals surface area contributed by atoms with Gasteiger partial charge in [0.15, 0.2) is 5.78 Å². The lowest BCUT2D eigenvalue weighted by molar-refractivity contribution is -0.144. The van der Waals surface area contributed by atoms with Crippen LogP contribution in [0.4, 0.5) is 0 Å². The number of terminal acetylenes is 1.